The molecule has 0 aliphatic rings. The van der Waals surface area contributed by atoms with Crippen molar-refractivity contribution in [3.8, 4) is 11.3 Å². The van der Waals surface area contributed by atoms with E-state index in [9.17, 15) is 9.18 Å². The number of hydrogen-bond acceptors (Lipinski definition) is 4. The van der Waals surface area contributed by atoms with Gasteiger partial charge in [-0.15, -0.1) is 24.8 Å². The number of halogens is 4. The smallest absolute Gasteiger partial charge is 0.254 e. The van der Waals surface area contributed by atoms with E-state index >= 15 is 4.39 Å². The van der Waals surface area contributed by atoms with Crippen molar-refractivity contribution >= 4 is 36.6 Å². The molecule has 1 unspecified atom stereocenters. The highest BCUT2D eigenvalue weighted by Crippen LogP contribution is 2.31. The number of amidine groups is 1. The fourth-order valence-corrected chi connectivity index (χ4v) is 3.07. The molecule has 1 atom stereocenters. The average Bonchev–Trinajstić information content (AvgIpc) is 2.77. The summed E-state index contributed by atoms with van der Waals surface area (Å²) >= 11 is 0. The van der Waals surface area contributed by atoms with Gasteiger partial charge in [-0.1, -0.05) is 30.3 Å². The van der Waals surface area contributed by atoms with E-state index in [2.05, 4.69) is 10.3 Å². The molecule has 0 bridgehead atoms. The van der Waals surface area contributed by atoms with E-state index < -0.39 is 29.2 Å². The summed E-state index contributed by atoms with van der Waals surface area (Å²) in [5.74, 6) is -2.51. The fourth-order valence-electron chi connectivity index (χ4n) is 3.07. The van der Waals surface area contributed by atoms with Gasteiger partial charge in [0.2, 0.25) is 0 Å². The third-order valence-electron chi connectivity index (χ3n) is 4.63. The first kappa shape index (κ1) is 28.0. The van der Waals surface area contributed by atoms with E-state index in [1.165, 1.54) is 12.3 Å². The zero-order chi connectivity index (χ0) is 22.4. The highest BCUT2D eigenvalue weighted by molar-refractivity contribution is 5.94. The van der Waals surface area contributed by atoms with Crippen molar-refractivity contribution in [1.29, 1.82) is 5.41 Å². The number of carbonyl (C=O) groups excluding carboxylic acids is 1. The predicted octanol–water partition coefficient (Wildman–Crippen LogP) is 4.55. The van der Waals surface area contributed by atoms with Gasteiger partial charge in [0, 0.05) is 30.5 Å². The van der Waals surface area contributed by atoms with Gasteiger partial charge in [-0.3, -0.25) is 15.2 Å². The monoisotopic (exact) mass is 496 g/mol. The lowest BCUT2D eigenvalue weighted by molar-refractivity contribution is -0.133. The number of nitrogens with one attached hydrogen (secondary N) is 2. The molecule has 6 nitrogen and oxygen atoms in total. The van der Waals surface area contributed by atoms with Crippen LogP contribution in [0.15, 0.2) is 60.8 Å². The summed E-state index contributed by atoms with van der Waals surface area (Å²) in [6, 6.07) is 14.1. The minimum atomic E-state index is -1.47. The molecule has 4 N–H and O–H groups in total. The quantitative estimate of drug-likeness (QED) is 0.314. The Morgan fingerprint density at radius 2 is 1.82 bits per heavy atom. The zero-order valence-electron chi connectivity index (χ0n) is 17.7. The van der Waals surface area contributed by atoms with E-state index in [0.29, 0.717) is 11.3 Å². The van der Waals surface area contributed by atoms with Crippen LogP contribution >= 0.6 is 24.8 Å². The molecule has 1 heterocycles. The zero-order valence-corrected chi connectivity index (χ0v) is 19.3. The maximum atomic E-state index is 15.3. The second kappa shape index (κ2) is 12.8. The van der Waals surface area contributed by atoms with Crippen LogP contribution in [0.1, 0.15) is 29.7 Å². The van der Waals surface area contributed by atoms with Crippen molar-refractivity contribution in [1.82, 2.24) is 10.3 Å². The standard InChI is InChI=1S/C23H22F2N4O2.2ClH/c1-2-31-21(23(30)29-13-14-6-8-15(9-7-14)22(26)27)19-17(24)11-10-16(20(19)25)18-5-3-4-12-28-18;;/h3-12,21H,2,13H2,1H3,(H3,26,27)(H,29,30);2*1H. The molecule has 10 heteroatoms. The van der Waals surface area contributed by atoms with Crippen molar-refractivity contribution in [3.05, 3.63) is 89.1 Å². The Labute approximate surface area is 202 Å². The molecule has 33 heavy (non-hydrogen) atoms. The van der Waals surface area contributed by atoms with Crippen molar-refractivity contribution in [3.63, 3.8) is 0 Å². The van der Waals surface area contributed by atoms with Crippen molar-refractivity contribution in [2.24, 2.45) is 5.73 Å². The highest BCUT2D eigenvalue weighted by Gasteiger charge is 2.29. The van der Waals surface area contributed by atoms with Gasteiger partial charge in [0.1, 0.15) is 17.5 Å². The Bertz CT molecular complexity index is 1080. The molecule has 176 valence electrons. The Morgan fingerprint density at radius 1 is 1.12 bits per heavy atom. The summed E-state index contributed by atoms with van der Waals surface area (Å²) in [6.07, 6.45) is 0.0345. The minimum Gasteiger partial charge on any atom is -0.384 e. The molecule has 0 saturated heterocycles. The molecule has 0 radical (unpaired) electrons. The van der Waals surface area contributed by atoms with Gasteiger partial charge < -0.3 is 15.8 Å². The van der Waals surface area contributed by atoms with Crippen LogP contribution in [0.4, 0.5) is 8.78 Å². The van der Waals surface area contributed by atoms with Gasteiger partial charge in [-0.2, -0.15) is 0 Å². The molecule has 3 rings (SSSR count). The van der Waals surface area contributed by atoms with Crippen LogP contribution in [0.2, 0.25) is 0 Å². The van der Waals surface area contributed by atoms with Gasteiger partial charge in [0.05, 0.1) is 11.3 Å². The lowest BCUT2D eigenvalue weighted by atomic mass is 10.0. The minimum absolute atomic E-state index is 0. The number of pyridine rings is 1. The third-order valence-corrected chi connectivity index (χ3v) is 4.63. The lowest BCUT2D eigenvalue weighted by Crippen LogP contribution is -2.32. The summed E-state index contributed by atoms with van der Waals surface area (Å²) in [7, 11) is 0. The first-order valence-electron chi connectivity index (χ1n) is 9.64. The highest BCUT2D eigenvalue weighted by atomic mass is 35.5. The van der Waals surface area contributed by atoms with Crippen molar-refractivity contribution in [2.75, 3.05) is 6.61 Å². The molecular weight excluding hydrogens is 473 g/mol. The average molecular weight is 497 g/mol. The van der Waals surface area contributed by atoms with Crippen molar-refractivity contribution in [2.45, 2.75) is 19.6 Å². The number of benzene rings is 2. The SMILES string of the molecule is CCOC(C(=O)NCc1ccc(C(=N)N)cc1)c1c(F)ccc(-c2ccccn2)c1F.Cl.Cl. The molecule has 1 aromatic heterocycles. The Kier molecular flexibility index (Phi) is 10.9. The van der Waals surface area contributed by atoms with Gasteiger partial charge in [-0.25, -0.2) is 8.78 Å². The second-order valence-electron chi connectivity index (χ2n) is 6.70. The summed E-state index contributed by atoms with van der Waals surface area (Å²) in [5.41, 5.74) is 6.65. The number of amides is 1. The number of ether oxygens (including phenoxy) is 1. The first-order chi connectivity index (χ1) is 14.9. The van der Waals surface area contributed by atoms with Crippen LogP contribution in [-0.2, 0) is 16.1 Å². The molecule has 0 spiro atoms. The molecule has 0 fully saturated rings. The number of carbonyl (C=O) groups is 1. The molecular formula is C23H24Cl2F2N4O2. The van der Waals surface area contributed by atoms with E-state index in [0.717, 1.165) is 11.6 Å². The largest absolute Gasteiger partial charge is 0.384 e. The molecule has 2 aromatic carbocycles. The Hall–Kier alpha value is -3.07. The predicted molar refractivity (Wildman–Crippen MR) is 128 cm³/mol. The van der Waals surface area contributed by atoms with E-state index in [4.69, 9.17) is 15.9 Å². The van der Waals surface area contributed by atoms with Crippen LogP contribution in [0, 0.1) is 17.0 Å². The number of nitrogen functional groups attached to an aromatic ring is 1. The van der Waals surface area contributed by atoms with E-state index in [-0.39, 0.29) is 49.4 Å². The third kappa shape index (κ3) is 6.71. The summed E-state index contributed by atoms with van der Waals surface area (Å²) in [4.78, 5) is 16.9. The van der Waals surface area contributed by atoms with Crippen molar-refractivity contribution < 1.29 is 18.3 Å². The van der Waals surface area contributed by atoms with Crippen LogP contribution in [0.3, 0.4) is 0 Å². The van der Waals surface area contributed by atoms with E-state index in [1.807, 2.05) is 0 Å². The summed E-state index contributed by atoms with van der Waals surface area (Å²) < 4.78 is 35.3. The van der Waals surface area contributed by atoms with Crippen LogP contribution in [0.5, 0.6) is 0 Å². The van der Waals surface area contributed by atoms with Crippen LogP contribution in [-0.4, -0.2) is 23.3 Å². The number of nitrogens with zero attached hydrogens (tertiary/aromatic N) is 1. The molecule has 0 aliphatic carbocycles. The topological polar surface area (TPSA) is 101 Å². The molecule has 1 amide bonds. The van der Waals surface area contributed by atoms with Gasteiger partial charge >= 0.3 is 0 Å². The number of hydrogen-bond donors (Lipinski definition) is 3. The van der Waals surface area contributed by atoms with Crippen LogP contribution < -0.4 is 11.1 Å². The van der Waals surface area contributed by atoms with Gasteiger partial charge in [-0.05, 0) is 36.8 Å². The fraction of sp³-hybridized carbons (Fsp3) is 0.174. The van der Waals surface area contributed by atoms with Gasteiger partial charge in [0.15, 0.2) is 6.10 Å². The molecule has 0 aliphatic heterocycles. The first-order valence-corrected chi connectivity index (χ1v) is 9.64. The lowest BCUT2D eigenvalue weighted by Gasteiger charge is -2.20. The summed E-state index contributed by atoms with van der Waals surface area (Å²) in [6.45, 7) is 1.83. The Morgan fingerprint density at radius 3 is 2.39 bits per heavy atom. The van der Waals surface area contributed by atoms with Gasteiger partial charge in [0.25, 0.3) is 5.91 Å². The Balaban J connectivity index is 0.00000272. The summed E-state index contributed by atoms with van der Waals surface area (Å²) in [5, 5.41) is 10.1. The normalized spacial score (nSPS) is 11.0. The molecule has 3 aromatic rings. The molecule has 0 saturated carbocycles. The number of rotatable bonds is 8. The maximum absolute atomic E-state index is 15.3. The second-order valence-corrected chi connectivity index (χ2v) is 6.70. The number of aromatic nitrogens is 1. The maximum Gasteiger partial charge on any atom is 0.254 e. The van der Waals surface area contributed by atoms with E-state index in [1.54, 1.807) is 49.4 Å². The van der Waals surface area contributed by atoms with Crippen LogP contribution in [0.25, 0.3) is 11.3 Å². The number of nitrogens with two attached hydrogens (primary N) is 1.